The minimum Gasteiger partial charge on any atom is -0.469 e. The van der Waals surface area contributed by atoms with Crippen LogP contribution in [-0.4, -0.2) is 26.2 Å². The minimum atomic E-state index is -0.0524. The van der Waals surface area contributed by atoms with E-state index in [1.165, 1.54) is 20.0 Å². The molecule has 3 heteroatoms. The summed E-state index contributed by atoms with van der Waals surface area (Å²) in [6.45, 7) is 2.01. The van der Waals surface area contributed by atoms with E-state index in [-0.39, 0.29) is 11.4 Å². The molecule has 68 valence electrons. The van der Waals surface area contributed by atoms with Crippen LogP contribution in [0.5, 0.6) is 0 Å². The molecule has 12 heavy (non-hydrogen) atoms. The molecule has 0 aromatic rings. The van der Waals surface area contributed by atoms with Gasteiger partial charge in [-0.25, -0.2) is 0 Å². The Morgan fingerprint density at radius 1 is 1.58 bits per heavy atom. The van der Waals surface area contributed by atoms with Crippen LogP contribution < -0.4 is 5.32 Å². The largest absolute Gasteiger partial charge is 0.469 e. The van der Waals surface area contributed by atoms with E-state index in [1.54, 1.807) is 0 Å². The number of nitrogens with one attached hydrogen (secondary N) is 1. The van der Waals surface area contributed by atoms with Crippen LogP contribution in [0.3, 0.4) is 0 Å². The summed E-state index contributed by atoms with van der Waals surface area (Å²) in [5.41, 5.74) is 0.271. The lowest BCUT2D eigenvalue weighted by Crippen LogP contribution is -2.55. The average molecular weight is 169 g/mol. The lowest BCUT2D eigenvalue weighted by molar-refractivity contribution is -0.144. The van der Waals surface area contributed by atoms with Gasteiger partial charge in [0.05, 0.1) is 13.5 Å². The molecule has 0 aromatic heterocycles. The van der Waals surface area contributed by atoms with Crippen LogP contribution in [0.1, 0.15) is 19.3 Å². The summed E-state index contributed by atoms with van der Waals surface area (Å²) in [6, 6.07) is 0. The normalized spacial score (nSPS) is 26.1. The molecule has 2 fully saturated rings. The zero-order valence-corrected chi connectivity index (χ0v) is 7.43. The SMILES string of the molecule is COC(=O)CC1(C2CC2)CNC1. The highest BCUT2D eigenvalue weighted by Crippen LogP contribution is 2.50. The van der Waals surface area contributed by atoms with Crippen molar-refractivity contribution in [1.82, 2.24) is 5.32 Å². The molecule has 0 amide bonds. The molecule has 0 spiro atoms. The standard InChI is InChI=1S/C9H15NO2/c1-12-8(11)4-9(5-10-6-9)7-2-3-7/h7,10H,2-6H2,1H3. The third-order valence-corrected chi connectivity index (χ3v) is 3.12. The third-order valence-electron chi connectivity index (χ3n) is 3.12. The monoisotopic (exact) mass is 169 g/mol. The van der Waals surface area contributed by atoms with Gasteiger partial charge in [-0.3, -0.25) is 4.79 Å². The Kier molecular flexibility index (Phi) is 1.83. The van der Waals surface area contributed by atoms with E-state index in [0.717, 1.165) is 19.0 Å². The summed E-state index contributed by atoms with van der Waals surface area (Å²) < 4.78 is 4.69. The van der Waals surface area contributed by atoms with Gasteiger partial charge < -0.3 is 10.1 Å². The molecule has 1 saturated heterocycles. The molecule has 0 unspecified atom stereocenters. The predicted molar refractivity (Wildman–Crippen MR) is 44.7 cm³/mol. The first-order valence-electron chi connectivity index (χ1n) is 4.54. The first kappa shape index (κ1) is 8.05. The Labute approximate surface area is 72.5 Å². The van der Waals surface area contributed by atoms with Crippen LogP contribution in [0.4, 0.5) is 0 Å². The van der Waals surface area contributed by atoms with Crippen molar-refractivity contribution in [3.05, 3.63) is 0 Å². The zero-order chi connectivity index (χ0) is 8.60. The van der Waals surface area contributed by atoms with Crippen LogP contribution >= 0.6 is 0 Å². The van der Waals surface area contributed by atoms with Gasteiger partial charge in [0, 0.05) is 18.5 Å². The Bertz CT molecular complexity index is 195. The van der Waals surface area contributed by atoms with Gasteiger partial charge in [0.1, 0.15) is 0 Å². The van der Waals surface area contributed by atoms with Gasteiger partial charge in [0.2, 0.25) is 0 Å². The van der Waals surface area contributed by atoms with Crippen LogP contribution in [-0.2, 0) is 9.53 Å². The van der Waals surface area contributed by atoms with Gasteiger partial charge in [-0.2, -0.15) is 0 Å². The van der Waals surface area contributed by atoms with E-state index in [9.17, 15) is 4.79 Å². The second kappa shape index (κ2) is 2.73. The number of esters is 1. The molecule has 0 aromatic carbocycles. The maximum absolute atomic E-state index is 11.1. The van der Waals surface area contributed by atoms with Crippen molar-refractivity contribution < 1.29 is 9.53 Å². The van der Waals surface area contributed by atoms with Crippen molar-refractivity contribution in [1.29, 1.82) is 0 Å². The van der Waals surface area contributed by atoms with Gasteiger partial charge >= 0.3 is 5.97 Å². The molecule has 1 N–H and O–H groups in total. The summed E-state index contributed by atoms with van der Waals surface area (Å²) in [5.74, 6) is 0.737. The highest BCUT2D eigenvalue weighted by atomic mass is 16.5. The van der Waals surface area contributed by atoms with Gasteiger partial charge in [-0.15, -0.1) is 0 Å². The second-order valence-electron chi connectivity index (χ2n) is 3.99. The molecule has 0 radical (unpaired) electrons. The van der Waals surface area contributed by atoms with Crippen LogP contribution in [0.2, 0.25) is 0 Å². The fraction of sp³-hybridized carbons (Fsp3) is 0.889. The fourth-order valence-electron chi connectivity index (χ4n) is 2.06. The molecule has 2 rings (SSSR count). The smallest absolute Gasteiger partial charge is 0.306 e. The number of rotatable bonds is 3. The van der Waals surface area contributed by atoms with E-state index in [4.69, 9.17) is 4.74 Å². The Morgan fingerprint density at radius 2 is 2.25 bits per heavy atom. The number of hydrogen-bond acceptors (Lipinski definition) is 3. The predicted octanol–water partition coefficient (Wildman–Crippen LogP) is 0.549. The van der Waals surface area contributed by atoms with E-state index in [0.29, 0.717) is 6.42 Å². The van der Waals surface area contributed by atoms with E-state index >= 15 is 0 Å². The summed E-state index contributed by atoms with van der Waals surface area (Å²) in [6.07, 6.45) is 3.22. The summed E-state index contributed by atoms with van der Waals surface area (Å²) in [5, 5.41) is 3.25. The maximum atomic E-state index is 11.1. The third kappa shape index (κ3) is 1.22. The van der Waals surface area contributed by atoms with Crippen molar-refractivity contribution in [2.45, 2.75) is 19.3 Å². The lowest BCUT2D eigenvalue weighted by atomic mass is 9.74. The van der Waals surface area contributed by atoms with E-state index in [2.05, 4.69) is 5.32 Å². The molecule has 1 aliphatic carbocycles. The van der Waals surface area contributed by atoms with E-state index < -0.39 is 0 Å². The number of carbonyl (C=O) groups is 1. The molecule has 2 aliphatic rings. The highest BCUT2D eigenvalue weighted by molar-refractivity contribution is 5.70. The number of hydrogen-bond donors (Lipinski definition) is 1. The van der Waals surface area contributed by atoms with Crippen molar-refractivity contribution in [2.24, 2.45) is 11.3 Å². The molecule has 1 heterocycles. The summed E-state index contributed by atoms with van der Waals surface area (Å²) in [4.78, 5) is 11.1. The van der Waals surface area contributed by atoms with Crippen molar-refractivity contribution >= 4 is 5.97 Å². The quantitative estimate of drug-likeness (QED) is 0.627. The summed E-state index contributed by atoms with van der Waals surface area (Å²) >= 11 is 0. The lowest BCUT2D eigenvalue weighted by Gasteiger charge is -2.42. The molecular formula is C9H15NO2. The summed E-state index contributed by atoms with van der Waals surface area (Å²) in [7, 11) is 1.47. The number of ether oxygens (including phenoxy) is 1. The topological polar surface area (TPSA) is 38.3 Å². The zero-order valence-electron chi connectivity index (χ0n) is 7.43. The van der Waals surface area contributed by atoms with Crippen molar-refractivity contribution in [3.8, 4) is 0 Å². The number of methoxy groups -OCH3 is 1. The van der Waals surface area contributed by atoms with Crippen LogP contribution in [0.15, 0.2) is 0 Å². The molecule has 0 atom stereocenters. The molecular weight excluding hydrogens is 154 g/mol. The highest BCUT2D eigenvalue weighted by Gasteiger charge is 2.50. The maximum Gasteiger partial charge on any atom is 0.306 e. The average Bonchev–Trinajstić information content (AvgIpc) is 2.79. The van der Waals surface area contributed by atoms with Gasteiger partial charge in [0.25, 0.3) is 0 Å². The van der Waals surface area contributed by atoms with Gasteiger partial charge in [0.15, 0.2) is 0 Å². The first-order chi connectivity index (χ1) is 5.77. The van der Waals surface area contributed by atoms with E-state index in [1.807, 2.05) is 0 Å². The van der Waals surface area contributed by atoms with Crippen LogP contribution in [0, 0.1) is 11.3 Å². The molecule has 1 aliphatic heterocycles. The number of carbonyl (C=O) groups excluding carboxylic acids is 1. The molecule has 3 nitrogen and oxygen atoms in total. The second-order valence-corrected chi connectivity index (χ2v) is 3.99. The first-order valence-corrected chi connectivity index (χ1v) is 4.54. The Balaban J connectivity index is 1.93. The fourth-order valence-corrected chi connectivity index (χ4v) is 2.06. The van der Waals surface area contributed by atoms with Crippen LogP contribution in [0.25, 0.3) is 0 Å². The van der Waals surface area contributed by atoms with Crippen molar-refractivity contribution in [3.63, 3.8) is 0 Å². The Hall–Kier alpha value is -0.570. The Morgan fingerprint density at radius 3 is 2.58 bits per heavy atom. The minimum absolute atomic E-state index is 0.0524. The molecule has 0 bridgehead atoms. The van der Waals surface area contributed by atoms with Gasteiger partial charge in [-0.05, 0) is 18.8 Å². The van der Waals surface area contributed by atoms with Gasteiger partial charge in [-0.1, -0.05) is 0 Å². The van der Waals surface area contributed by atoms with Crippen molar-refractivity contribution in [2.75, 3.05) is 20.2 Å². The molecule has 1 saturated carbocycles.